The smallest absolute Gasteiger partial charge is 0.160 e. The number of aryl methyl sites for hydroxylation is 1. The van der Waals surface area contributed by atoms with Crippen molar-refractivity contribution in [3.8, 4) is 44.9 Å². The molecule has 0 spiro atoms. The summed E-state index contributed by atoms with van der Waals surface area (Å²) in [6.45, 7) is 2.07. The van der Waals surface area contributed by atoms with E-state index in [1.54, 1.807) is 0 Å². The zero-order chi connectivity index (χ0) is 23.6. The summed E-state index contributed by atoms with van der Waals surface area (Å²) < 4.78 is 0. The van der Waals surface area contributed by atoms with E-state index in [1.807, 2.05) is 12.1 Å². The van der Waals surface area contributed by atoms with Gasteiger partial charge in [-0.15, -0.1) is 0 Å². The third-order valence-electron chi connectivity index (χ3n) is 6.44. The number of nitrogens with zero attached hydrogens (tertiary/aromatic N) is 2. The average molecular weight is 449 g/mol. The fourth-order valence-corrected chi connectivity index (χ4v) is 4.73. The van der Waals surface area contributed by atoms with Crippen LogP contribution in [0, 0.1) is 6.92 Å². The molecular weight excluding hydrogens is 424 g/mol. The number of hydrogen-bond acceptors (Lipinski definition) is 2. The van der Waals surface area contributed by atoms with Crippen molar-refractivity contribution in [2.24, 2.45) is 0 Å². The zero-order valence-electron chi connectivity index (χ0n) is 19.5. The zero-order valence-corrected chi connectivity index (χ0v) is 19.5. The van der Waals surface area contributed by atoms with Gasteiger partial charge in [0, 0.05) is 22.4 Å². The maximum Gasteiger partial charge on any atom is 0.160 e. The van der Waals surface area contributed by atoms with Crippen molar-refractivity contribution in [1.82, 2.24) is 9.97 Å². The van der Waals surface area contributed by atoms with Crippen molar-refractivity contribution in [2.45, 2.75) is 6.92 Å². The third-order valence-corrected chi connectivity index (χ3v) is 6.44. The number of aromatic nitrogens is 2. The molecule has 2 nitrogen and oxygen atoms in total. The number of rotatable bonds is 4. The van der Waals surface area contributed by atoms with E-state index >= 15 is 0 Å². The molecule has 1 heterocycles. The van der Waals surface area contributed by atoms with Crippen LogP contribution in [-0.4, -0.2) is 9.97 Å². The highest BCUT2D eigenvalue weighted by atomic mass is 14.9. The second-order valence-corrected chi connectivity index (χ2v) is 8.69. The highest BCUT2D eigenvalue weighted by molar-refractivity contribution is 5.96. The molecule has 0 saturated heterocycles. The molecule has 0 bridgehead atoms. The van der Waals surface area contributed by atoms with Gasteiger partial charge in [-0.2, -0.15) is 0 Å². The van der Waals surface area contributed by atoms with E-state index in [0.717, 1.165) is 39.5 Å². The first kappa shape index (κ1) is 21.0. The Kier molecular flexibility index (Phi) is 5.40. The van der Waals surface area contributed by atoms with Crippen LogP contribution in [0.25, 0.3) is 55.7 Å². The second kappa shape index (κ2) is 9.00. The van der Waals surface area contributed by atoms with Crippen LogP contribution in [0.4, 0.5) is 0 Å². The molecule has 0 saturated carbocycles. The number of fused-ring (bicyclic) bond motifs is 1. The van der Waals surface area contributed by atoms with Crippen LogP contribution in [-0.2, 0) is 0 Å². The maximum atomic E-state index is 5.09. The highest BCUT2D eigenvalue weighted by Gasteiger charge is 2.16. The molecule has 0 aliphatic rings. The standard InChI is InChI=1S/C33H24N2/c1-23-31(26-12-4-2-5-13-26)32(27-14-6-3-7-15-27)35-33(34-23)28-21-19-25(20-22-28)30-18-10-16-24-11-8-9-17-29(24)30/h2-22H,1H3. The van der Waals surface area contributed by atoms with Gasteiger partial charge < -0.3 is 0 Å². The molecular formula is C33H24N2. The van der Waals surface area contributed by atoms with Crippen LogP contribution < -0.4 is 0 Å². The van der Waals surface area contributed by atoms with Gasteiger partial charge in [0.2, 0.25) is 0 Å². The van der Waals surface area contributed by atoms with Gasteiger partial charge in [0.25, 0.3) is 0 Å². The maximum absolute atomic E-state index is 5.09. The molecule has 2 heteroatoms. The summed E-state index contributed by atoms with van der Waals surface area (Å²) in [6, 6.07) is 44.3. The van der Waals surface area contributed by atoms with E-state index in [0.29, 0.717) is 0 Å². The monoisotopic (exact) mass is 448 g/mol. The summed E-state index contributed by atoms with van der Waals surface area (Å²) >= 11 is 0. The largest absolute Gasteiger partial charge is 0.233 e. The fraction of sp³-hybridized carbons (Fsp3) is 0.0303. The van der Waals surface area contributed by atoms with E-state index < -0.39 is 0 Å². The van der Waals surface area contributed by atoms with Gasteiger partial charge in [-0.1, -0.05) is 127 Å². The lowest BCUT2D eigenvalue weighted by molar-refractivity contribution is 1.12. The quantitative estimate of drug-likeness (QED) is 0.270. The first-order valence-corrected chi connectivity index (χ1v) is 11.9. The Morgan fingerprint density at radius 3 is 1.80 bits per heavy atom. The molecule has 35 heavy (non-hydrogen) atoms. The third kappa shape index (κ3) is 4.00. The molecule has 0 aliphatic carbocycles. The molecule has 0 aliphatic heterocycles. The summed E-state index contributed by atoms with van der Waals surface area (Å²) in [7, 11) is 0. The van der Waals surface area contributed by atoms with Crippen molar-refractivity contribution in [3.63, 3.8) is 0 Å². The Morgan fingerprint density at radius 1 is 0.457 bits per heavy atom. The van der Waals surface area contributed by atoms with Gasteiger partial charge in [-0.25, -0.2) is 9.97 Å². The van der Waals surface area contributed by atoms with Gasteiger partial charge in [0.15, 0.2) is 5.82 Å². The molecule has 0 amide bonds. The number of benzene rings is 5. The van der Waals surface area contributed by atoms with Gasteiger partial charge in [-0.3, -0.25) is 0 Å². The molecule has 0 atom stereocenters. The molecule has 0 fully saturated rings. The van der Waals surface area contributed by atoms with Crippen LogP contribution in [0.1, 0.15) is 5.69 Å². The van der Waals surface area contributed by atoms with Crippen LogP contribution >= 0.6 is 0 Å². The Bertz CT molecular complexity index is 1610. The Labute approximate surface area is 205 Å². The molecule has 6 rings (SSSR count). The van der Waals surface area contributed by atoms with E-state index in [9.17, 15) is 0 Å². The SMILES string of the molecule is Cc1nc(-c2ccc(-c3cccc4ccccc34)cc2)nc(-c2ccccc2)c1-c1ccccc1. The Morgan fingerprint density at radius 2 is 1.06 bits per heavy atom. The predicted molar refractivity (Wildman–Crippen MR) is 146 cm³/mol. The van der Waals surface area contributed by atoms with Gasteiger partial charge in [-0.05, 0) is 34.4 Å². The van der Waals surface area contributed by atoms with Gasteiger partial charge >= 0.3 is 0 Å². The van der Waals surface area contributed by atoms with Crippen molar-refractivity contribution in [3.05, 3.63) is 133 Å². The minimum absolute atomic E-state index is 0.741. The van der Waals surface area contributed by atoms with E-state index in [-0.39, 0.29) is 0 Å². The lowest BCUT2D eigenvalue weighted by Gasteiger charge is -2.15. The van der Waals surface area contributed by atoms with Crippen molar-refractivity contribution >= 4 is 10.8 Å². The fourth-order valence-electron chi connectivity index (χ4n) is 4.73. The summed E-state index contributed by atoms with van der Waals surface area (Å²) in [4.78, 5) is 10.0. The Balaban J connectivity index is 1.46. The van der Waals surface area contributed by atoms with E-state index in [2.05, 4.69) is 122 Å². The average Bonchev–Trinajstić information content (AvgIpc) is 2.93. The first-order chi connectivity index (χ1) is 17.3. The van der Waals surface area contributed by atoms with Gasteiger partial charge in [0.1, 0.15) is 0 Å². The summed E-state index contributed by atoms with van der Waals surface area (Å²) in [6.07, 6.45) is 0. The molecule has 1 aromatic heterocycles. The first-order valence-electron chi connectivity index (χ1n) is 11.9. The van der Waals surface area contributed by atoms with Crippen molar-refractivity contribution in [2.75, 3.05) is 0 Å². The molecule has 0 N–H and O–H groups in total. The van der Waals surface area contributed by atoms with Gasteiger partial charge in [0.05, 0.1) is 5.69 Å². The highest BCUT2D eigenvalue weighted by Crippen LogP contribution is 2.35. The minimum Gasteiger partial charge on any atom is -0.233 e. The minimum atomic E-state index is 0.741. The van der Waals surface area contributed by atoms with Crippen molar-refractivity contribution in [1.29, 1.82) is 0 Å². The van der Waals surface area contributed by atoms with E-state index in [1.165, 1.54) is 21.9 Å². The predicted octanol–water partition coefficient (Wildman–Crippen LogP) is 8.61. The molecule has 0 unspecified atom stereocenters. The summed E-state index contributed by atoms with van der Waals surface area (Å²) in [5.74, 6) is 0.741. The summed E-state index contributed by atoms with van der Waals surface area (Å²) in [5, 5.41) is 2.51. The normalized spacial score (nSPS) is 11.0. The number of hydrogen-bond donors (Lipinski definition) is 0. The van der Waals surface area contributed by atoms with Crippen LogP contribution in [0.15, 0.2) is 127 Å². The molecule has 6 aromatic rings. The lowest BCUT2D eigenvalue weighted by atomic mass is 9.96. The lowest BCUT2D eigenvalue weighted by Crippen LogP contribution is -2.00. The van der Waals surface area contributed by atoms with Crippen LogP contribution in [0.3, 0.4) is 0 Å². The summed E-state index contributed by atoms with van der Waals surface area (Å²) in [5.41, 5.74) is 8.65. The van der Waals surface area contributed by atoms with Crippen LogP contribution in [0.5, 0.6) is 0 Å². The molecule has 5 aromatic carbocycles. The second-order valence-electron chi connectivity index (χ2n) is 8.69. The van der Waals surface area contributed by atoms with E-state index in [4.69, 9.17) is 9.97 Å². The Hall–Kier alpha value is -4.56. The molecule has 0 radical (unpaired) electrons. The van der Waals surface area contributed by atoms with Crippen LogP contribution in [0.2, 0.25) is 0 Å². The topological polar surface area (TPSA) is 25.8 Å². The molecule has 166 valence electrons. The van der Waals surface area contributed by atoms with Crippen molar-refractivity contribution < 1.29 is 0 Å².